The van der Waals surface area contributed by atoms with E-state index in [9.17, 15) is 14.9 Å². The number of carbonyl (C=O) groups is 1. The average molecular weight is 392 g/mol. The fourth-order valence-electron chi connectivity index (χ4n) is 2.65. The van der Waals surface area contributed by atoms with E-state index < -0.39 is 27.8 Å². The molecule has 1 aromatic carbocycles. The summed E-state index contributed by atoms with van der Waals surface area (Å²) < 4.78 is 11.0. The van der Waals surface area contributed by atoms with Gasteiger partial charge in [-0.1, -0.05) is 46.7 Å². The molecule has 0 heterocycles. The first-order chi connectivity index (χ1) is 12.8. The zero-order valence-corrected chi connectivity index (χ0v) is 17.5. The number of ether oxygens (including phenoxy) is 2. The van der Waals surface area contributed by atoms with Crippen LogP contribution in [0.3, 0.4) is 0 Å². The first kappa shape index (κ1) is 23.2. The molecule has 1 atom stereocenters. The molecule has 0 saturated heterocycles. The maximum Gasteiger partial charge on any atom is 0.387 e. The third-order valence-electron chi connectivity index (χ3n) is 4.21. The highest BCUT2D eigenvalue weighted by molar-refractivity contribution is 5.78. The van der Waals surface area contributed by atoms with Crippen LogP contribution in [0.4, 0.5) is 0 Å². The molecule has 1 rings (SSSR count). The number of azide groups is 1. The van der Waals surface area contributed by atoms with Crippen molar-refractivity contribution in [3.8, 4) is 11.5 Å². The predicted octanol–water partition coefficient (Wildman–Crippen LogP) is 4.54. The van der Waals surface area contributed by atoms with Crippen LogP contribution in [0.15, 0.2) is 17.2 Å². The van der Waals surface area contributed by atoms with E-state index in [4.69, 9.17) is 15.0 Å². The summed E-state index contributed by atoms with van der Waals surface area (Å²) in [7, 11) is 1.55. The second kappa shape index (κ2) is 8.93. The van der Waals surface area contributed by atoms with Crippen molar-refractivity contribution in [2.24, 2.45) is 5.11 Å². The molecule has 0 bridgehead atoms. The molecule has 9 heteroatoms. The number of hydrogen-bond donors (Lipinski definition) is 0. The standard InChI is InChI=1S/C19H28N4O5/c1-18(2,3)13-10-12(27-7)11-14(19(4,5)6)16(13)28-17(24)15(23(25)26)8-9-21-22-20/h10-11,15H,8-9H2,1-7H3. The maximum absolute atomic E-state index is 12.6. The van der Waals surface area contributed by atoms with E-state index in [0.717, 1.165) is 0 Å². The third kappa shape index (κ3) is 5.85. The summed E-state index contributed by atoms with van der Waals surface area (Å²) in [5, 5.41) is 14.6. The van der Waals surface area contributed by atoms with Gasteiger partial charge in [0.1, 0.15) is 11.5 Å². The number of hydrogen-bond acceptors (Lipinski definition) is 6. The van der Waals surface area contributed by atoms with E-state index in [-0.39, 0.29) is 13.0 Å². The SMILES string of the molecule is COc1cc(C(C)(C)C)c(OC(=O)C(CCN=[N+]=[N-])[N+](=O)[O-])c(C(C)(C)C)c1. The Morgan fingerprint density at radius 3 is 2.07 bits per heavy atom. The molecule has 0 fully saturated rings. The van der Waals surface area contributed by atoms with E-state index in [2.05, 4.69) is 10.0 Å². The number of nitro groups is 1. The fourth-order valence-corrected chi connectivity index (χ4v) is 2.65. The largest absolute Gasteiger partial charge is 0.497 e. The van der Waals surface area contributed by atoms with Crippen molar-refractivity contribution in [1.82, 2.24) is 0 Å². The summed E-state index contributed by atoms with van der Waals surface area (Å²) in [6.45, 7) is 11.6. The Labute approximate surface area is 164 Å². The van der Waals surface area contributed by atoms with Gasteiger partial charge in [-0.25, -0.2) is 4.79 Å². The number of carbonyl (C=O) groups excluding carboxylic acids is 1. The zero-order valence-electron chi connectivity index (χ0n) is 17.5. The Balaban J connectivity index is 3.50. The molecule has 154 valence electrons. The molecular formula is C19H28N4O5. The van der Waals surface area contributed by atoms with Crippen LogP contribution in [0.5, 0.6) is 11.5 Å². The second-order valence-electron chi connectivity index (χ2n) is 8.52. The summed E-state index contributed by atoms with van der Waals surface area (Å²) in [5.41, 5.74) is 8.97. The predicted molar refractivity (Wildman–Crippen MR) is 105 cm³/mol. The van der Waals surface area contributed by atoms with Crippen LogP contribution in [0.25, 0.3) is 10.4 Å². The molecule has 0 radical (unpaired) electrons. The molecule has 0 aliphatic carbocycles. The van der Waals surface area contributed by atoms with Crippen molar-refractivity contribution in [2.45, 2.75) is 64.8 Å². The number of benzene rings is 1. The van der Waals surface area contributed by atoms with Gasteiger partial charge >= 0.3 is 12.0 Å². The van der Waals surface area contributed by atoms with Crippen molar-refractivity contribution in [1.29, 1.82) is 0 Å². The van der Waals surface area contributed by atoms with Crippen molar-refractivity contribution >= 4 is 5.97 Å². The lowest BCUT2D eigenvalue weighted by Gasteiger charge is -2.29. The summed E-state index contributed by atoms with van der Waals surface area (Å²) in [4.78, 5) is 25.8. The highest BCUT2D eigenvalue weighted by atomic mass is 16.6. The first-order valence-electron chi connectivity index (χ1n) is 8.92. The molecular weight excluding hydrogens is 364 g/mol. The highest BCUT2D eigenvalue weighted by Gasteiger charge is 2.35. The number of rotatable bonds is 7. The normalized spacial score (nSPS) is 12.7. The van der Waals surface area contributed by atoms with Crippen LogP contribution in [-0.4, -0.2) is 30.6 Å². The summed E-state index contributed by atoms with van der Waals surface area (Å²) in [6.07, 6.45) is -0.234. The fraction of sp³-hybridized carbons (Fsp3) is 0.632. The Hall–Kier alpha value is -2.80. The van der Waals surface area contributed by atoms with Gasteiger partial charge in [0.15, 0.2) is 0 Å². The van der Waals surface area contributed by atoms with E-state index in [1.807, 2.05) is 41.5 Å². The van der Waals surface area contributed by atoms with E-state index in [1.165, 1.54) is 0 Å². The van der Waals surface area contributed by atoms with E-state index >= 15 is 0 Å². The molecule has 1 aromatic rings. The minimum Gasteiger partial charge on any atom is -0.497 e. The van der Waals surface area contributed by atoms with Crippen molar-refractivity contribution in [3.05, 3.63) is 43.8 Å². The van der Waals surface area contributed by atoms with Crippen LogP contribution in [-0.2, 0) is 15.6 Å². The molecule has 0 aromatic heterocycles. The Bertz CT molecular complexity index is 751. The van der Waals surface area contributed by atoms with Crippen LogP contribution in [0.2, 0.25) is 0 Å². The quantitative estimate of drug-likeness (QED) is 0.128. The lowest BCUT2D eigenvalue weighted by molar-refractivity contribution is -0.510. The van der Waals surface area contributed by atoms with Gasteiger partial charge in [-0.3, -0.25) is 10.1 Å². The van der Waals surface area contributed by atoms with Crippen molar-refractivity contribution in [2.75, 3.05) is 13.7 Å². The number of nitrogens with zero attached hydrogens (tertiary/aromatic N) is 4. The van der Waals surface area contributed by atoms with Gasteiger partial charge in [0.25, 0.3) is 0 Å². The highest BCUT2D eigenvalue weighted by Crippen LogP contribution is 2.42. The lowest BCUT2D eigenvalue weighted by Crippen LogP contribution is -2.35. The smallest absolute Gasteiger partial charge is 0.387 e. The van der Waals surface area contributed by atoms with Gasteiger partial charge in [-0.05, 0) is 28.5 Å². The van der Waals surface area contributed by atoms with Crippen molar-refractivity contribution < 1.29 is 19.2 Å². The number of methoxy groups -OCH3 is 1. The van der Waals surface area contributed by atoms with Gasteiger partial charge in [0, 0.05) is 33.9 Å². The molecule has 1 unspecified atom stereocenters. The van der Waals surface area contributed by atoms with E-state index in [1.54, 1.807) is 19.2 Å². The van der Waals surface area contributed by atoms with Crippen LogP contribution in [0, 0.1) is 10.1 Å². The maximum atomic E-state index is 12.6. The first-order valence-corrected chi connectivity index (χ1v) is 8.92. The van der Waals surface area contributed by atoms with Crippen molar-refractivity contribution in [3.63, 3.8) is 0 Å². The summed E-state index contributed by atoms with van der Waals surface area (Å²) in [6, 6.07) is 1.94. The van der Waals surface area contributed by atoms with Gasteiger partial charge in [-0.15, -0.1) is 0 Å². The van der Waals surface area contributed by atoms with Gasteiger partial charge in [0.2, 0.25) is 0 Å². The Morgan fingerprint density at radius 1 is 1.21 bits per heavy atom. The zero-order chi connectivity index (χ0) is 21.7. The van der Waals surface area contributed by atoms with Gasteiger partial charge < -0.3 is 9.47 Å². The lowest BCUT2D eigenvalue weighted by atomic mass is 9.79. The molecule has 28 heavy (non-hydrogen) atoms. The van der Waals surface area contributed by atoms with Gasteiger partial charge in [0.05, 0.1) is 7.11 Å². The average Bonchev–Trinajstić information content (AvgIpc) is 2.56. The molecule has 0 N–H and O–H groups in total. The third-order valence-corrected chi connectivity index (χ3v) is 4.21. The summed E-state index contributed by atoms with van der Waals surface area (Å²) >= 11 is 0. The Kier molecular flexibility index (Phi) is 7.41. The topological polar surface area (TPSA) is 127 Å². The molecule has 0 spiro atoms. The monoisotopic (exact) mass is 392 g/mol. The molecule has 0 aliphatic heterocycles. The van der Waals surface area contributed by atoms with Gasteiger partial charge in [-0.2, -0.15) is 0 Å². The number of esters is 1. The second-order valence-corrected chi connectivity index (χ2v) is 8.52. The van der Waals surface area contributed by atoms with Crippen LogP contribution in [0.1, 0.15) is 59.1 Å². The summed E-state index contributed by atoms with van der Waals surface area (Å²) in [5.74, 6) is -0.0652. The molecule has 9 nitrogen and oxygen atoms in total. The minimum absolute atomic E-state index is 0.169. The van der Waals surface area contributed by atoms with Crippen LogP contribution < -0.4 is 9.47 Å². The molecule has 0 saturated carbocycles. The van der Waals surface area contributed by atoms with Crippen LogP contribution >= 0.6 is 0 Å². The molecule has 0 amide bonds. The van der Waals surface area contributed by atoms with E-state index in [0.29, 0.717) is 22.6 Å². The minimum atomic E-state index is -1.62. The molecule has 0 aliphatic rings. The Morgan fingerprint density at radius 2 is 1.71 bits per heavy atom.